The second kappa shape index (κ2) is 9.60. The Balaban J connectivity index is 1.59. The number of benzene rings is 1. The lowest BCUT2D eigenvalue weighted by atomic mass is 10.2. The topological polar surface area (TPSA) is 76.6 Å². The highest BCUT2D eigenvalue weighted by Gasteiger charge is 2.22. The molecule has 1 fully saturated rings. The number of hydrogen-bond acceptors (Lipinski definition) is 8. The van der Waals surface area contributed by atoms with Crippen LogP contribution in [0.25, 0.3) is 10.2 Å². The van der Waals surface area contributed by atoms with Crippen LogP contribution in [0.4, 0.5) is 11.4 Å². The molecule has 3 heterocycles. The Morgan fingerprint density at radius 2 is 2.03 bits per heavy atom. The number of aromatic nitrogens is 2. The van der Waals surface area contributed by atoms with Crippen LogP contribution in [0.3, 0.4) is 0 Å². The smallest absolute Gasteiger partial charge is 0.266 e. The van der Waals surface area contributed by atoms with Gasteiger partial charge in [-0.25, -0.2) is 4.98 Å². The quantitative estimate of drug-likeness (QED) is 0.554. The number of hydrogen-bond donors (Lipinski definition) is 1. The van der Waals surface area contributed by atoms with Crippen LogP contribution in [0.15, 0.2) is 18.2 Å². The summed E-state index contributed by atoms with van der Waals surface area (Å²) in [4.78, 5) is 25.5. The van der Waals surface area contributed by atoms with Crippen molar-refractivity contribution in [1.29, 1.82) is 0 Å². The van der Waals surface area contributed by atoms with E-state index in [0.717, 1.165) is 41.2 Å². The fourth-order valence-electron chi connectivity index (χ4n) is 3.54. The van der Waals surface area contributed by atoms with Crippen molar-refractivity contribution in [3.05, 3.63) is 39.5 Å². The number of nitrogens with zero attached hydrogens (tertiary/aromatic N) is 3. The maximum atomic E-state index is 13.0. The standard InChI is InChI=1S/C21H23ClN4O3S2/c1-12-17-20(29-3)24-16(11-28-2)25-21(17)31-18(12)19(27)23-13-4-5-15(14(22)10-13)26-6-8-30-9-7-26/h4-5,10H,6-9,11H2,1-3H3,(H,23,27). The summed E-state index contributed by atoms with van der Waals surface area (Å²) in [5, 5.41) is 4.34. The van der Waals surface area contributed by atoms with E-state index in [1.165, 1.54) is 11.3 Å². The highest BCUT2D eigenvalue weighted by Crippen LogP contribution is 2.36. The molecule has 1 amide bonds. The monoisotopic (exact) mass is 478 g/mol. The molecule has 0 aliphatic carbocycles. The fourth-order valence-corrected chi connectivity index (χ4v) is 5.82. The van der Waals surface area contributed by atoms with Gasteiger partial charge in [-0.1, -0.05) is 11.6 Å². The molecular weight excluding hydrogens is 456 g/mol. The maximum absolute atomic E-state index is 13.0. The molecule has 0 bridgehead atoms. The molecule has 3 aromatic rings. The van der Waals surface area contributed by atoms with E-state index in [-0.39, 0.29) is 12.5 Å². The van der Waals surface area contributed by atoms with Crippen molar-refractivity contribution in [3.63, 3.8) is 0 Å². The van der Waals surface area contributed by atoms with Crippen LogP contribution in [-0.2, 0) is 11.3 Å². The molecule has 7 nitrogen and oxygen atoms in total. The summed E-state index contributed by atoms with van der Waals surface area (Å²) >= 11 is 9.79. The van der Waals surface area contributed by atoms with Crippen molar-refractivity contribution in [2.75, 3.05) is 49.0 Å². The van der Waals surface area contributed by atoms with Gasteiger partial charge in [-0.15, -0.1) is 11.3 Å². The number of aryl methyl sites for hydroxylation is 1. The van der Waals surface area contributed by atoms with E-state index in [1.54, 1.807) is 20.3 Å². The van der Waals surface area contributed by atoms with Gasteiger partial charge < -0.3 is 19.7 Å². The summed E-state index contributed by atoms with van der Waals surface area (Å²) in [6.45, 7) is 4.10. The van der Waals surface area contributed by atoms with Gasteiger partial charge in [-0.2, -0.15) is 16.7 Å². The number of thiophene rings is 1. The number of methoxy groups -OCH3 is 2. The molecule has 10 heteroatoms. The Hall–Kier alpha value is -2.07. The third-order valence-electron chi connectivity index (χ3n) is 5.03. The molecular formula is C21H23ClN4O3S2. The zero-order chi connectivity index (χ0) is 22.0. The van der Waals surface area contributed by atoms with Crippen LogP contribution in [0.2, 0.25) is 5.02 Å². The number of halogens is 1. The van der Waals surface area contributed by atoms with Crippen LogP contribution in [0, 0.1) is 6.92 Å². The number of carbonyl (C=O) groups is 1. The van der Waals surface area contributed by atoms with Crippen LogP contribution in [-0.4, -0.2) is 54.7 Å². The van der Waals surface area contributed by atoms with Crippen molar-refractivity contribution in [1.82, 2.24) is 9.97 Å². The second-order valence-corrected chi connectivity index (χ2v) is 9.67. The highest BCUT2D eigenvalue weighted by atomic mass is 35.5. The van der Waals surface area contributed by atoms with Crippen molar-refractivity contribution in [2.24, 2.45) is 0 Å². The summed E-state index contributed by atoms with van der Waals surface area (Å²) in [6, 6.07) is 5.66. The second-order valence-electron chi connectivity index (χ2n) is 7.04. The van der Waals surface area contributed by atoms with Gasteiger partial charge in [0.25, 0.3) is 5.91 Å². The molecule has 1 aliphatic heterocycles. The molecule has 1 aliphatic rings. The van der Waals surface area contributed by atoms with Gasteiger partial charge in [-0.05, 0) is 30.7 Å². The van der Waals surface area contributed by atoms with Crippen molar-refractivity contribution in [2.45, 2.75) is 13.5 Å². The Bertz CT molecular complexity index is 1120. The number of ether oxygens (including phenoxy) is 2. The van der Waals surface area contributed by atoms with Gasteiger partial charge in [0.1, 0.15) is 11.4 Å². The average Bonchev–Trinajstić information content (AvgIpc) is 3.11. The summed E-state index contributed by atoms with van der Waals surface area (Å²) in [6.07, 6.45) is 0. The first-order valence-corrected chi connectivity index (χ1v) is 12.1. The molecule has 2 aromatic heterocycles. The third kappa shape index (κ3) is 4.59. The minimum absolute atomic E-state index is 0.214. The number of carbonyl (C=O) groups excluding carboxylic acids is 1. The average molecular weight is 479 g/mol. The van der Waals surface area contributed by atoms with Crippen molar-refractivity contribution >= 4 is 62.2 Å². The lowest BCUT2D eigenvalue weighted by molar-refractivity contribution is 0.103. The van der Waals surface area contributed by atoms with E-state index in [4.69, 9.17) is 21.1 Å². The highest BCUT2D eigenvalue weighted by molar-refractivity contribution is 7.99. The summed E-state index contributed by atoms with van der Waals surface area (Å²) in [5.74, 6) is 2.93. The molecule has 0 radical (unpaired) electrons. The molecule has 1 saturated heterocycles. The fraction of sp³-hybridized carbons (Fsp3) is 0.381. The van der Waals surface area contributed by atoms with E-state index in [2.05, 4.69) is 20.2 Å². The molecule has 1 N–H and O–H groups in total. The molecule has 0 unspecified atom stereocenters. The van der Waals surface area contributed by atoms with Gasteiger partial charge in [0.05, 0.1) is 28.1 Å². The first kappa shape index (κ1) is 22.1. The molecule has 0 spiro atoms. The van der Waals surface area contributed by atoms with Crippen molar-refractivity contribution in [3.8, 4) is 5.88 Å². The molecule has 4 rings (SSSR count). The Morgan fingerprint density at radius 1 is 1.26 bits per heavy atom. The Kier molecular flexibility index (Phi) is 6.86. The normalized spacial score (nSPS) is 14.1. The lowest BCUT2D eigenvalue weighted by Gasteiger charge is -2.29. The van der Waals surface area contributed by atoms with E-state index in [1.807, 2.05) is 30.8 Å². The van der Waals surface area contributed by atoms with Gasteiger partial charge in [0.15, 0.2) is 5.82 Å². The summed E-state index contributed by atoms with van der Waals surface area (Å²) in [5.41, 5.74) is 2.44. The first-order valence-electron chi connectivity index (χ1n) is 9.78. The number of fused-ring (bicyclic) bond motifs is 1. The summed E-state index contributed by atoms with van der Waals surface area (Å²) < 4.78 is 10.6. The minimum atomic E-state index is -0.214. The number of rotatable bonds is 6. The van der Waals surface area contributed by atoms with E-state index in [9.17, 15) is 4.79 Å². The largest absolute Gasteiger partial charge is 0.480 e. The number of amides is 1. The van der Waals surface area contributed by atoms with Gasteiger partial charge in [0, 0.05) is 37.4 Å². The Labute approximate surface area is 194 Å². The van der Waals surface area contributed by atoms with E-state index >= 15 is 0 Å². The maximum Gasteiger partial charge on any atom is 0.266 e. The zero-order valence-corrected chi connectivity index (χ0v) is 19.9. The minimum Gasteiger partial charge on any atom is -0.480 e. The van der Waals surface area contributed by atoms with Crippen LogP contribution >= 0.6 is 34.7 Å². The van der Waals surface area contributed by atoms with Crippen LogP contribution in [0.5, 0.6) is 5.88 Å². The molecule has 164 valence electrons. The Morgan fingerprint density at radius 3 is 2.71 bits per heavy atom. The van der Waals surface area contributed by atoms with Gasteiger partial charge >= 0.3 is 0 Å². The first-order chi connectivity index (χ1) is 15.0. The van der Waals surface area contributed by atoms with Gasteiger partial charge in [-0.3, -0.25) is 4.79 Å². The molecule has 1 aromatic carbocycles. The number of thioether (sulfide) groups is 1. The SMILES string of the molecule is COCc1nc(OC)c2c(C)c(C(=O)Nc3ccc(N4CCSCC4)c(Cl)c3)sc2n1. The lowest BCUT2D eigenvalue weighted by Crippen LogP contribution is -2.32. The van der Waals surface area contributed by atoms with E-state index in [0.29, 0.717) is 32.1 Å². The van der Waals surface area contributed by atoms with Gasteiger partial charge in [0.2, 0.25) is 5.88 Å². The molecule has 31 heavy (non-hydrogen) atoms. The predicted molar refractivity (Wildman–Crippen MR) is 128 cm³/mol. The molecule has 0 atom stereocenters. The van der Waals surface area contributed by atoms with E-state index < -0.39 is 0 Å². The summed E-state index contributed by atoms with van der Waals surface area (Å²) in [7, 11) is 3.14. The third-order valence-corrected chi connectivity index (χ3v) is 7.46. The van der Waals surface area contributed by atoms with Crippen LogP contribution in [0.1, 0.15) is 21.1 Å². The zero-order valence-electron chi connectivity index (χ0n) is 17.5. The predicted octanol–water partition coefficient (Wildman–Crippen LogP) is 4.61. The molecule has 0 saturated carbocycles. The number of anilines is 2. The van der Waals surface area contributed by atoms with Crippen LogP contribution < -0.4 is 15.0 Å². The van der Waals surface area contributed by atoms with Crippen molar-refractivity contribution < 1.29 is 14.3 Å². The number of nitrogens with one attached hydrogen (secondary N) is 1.